The van der Waals surface area contributed by atoms with E-state index in [1.54, 1.807) is 38.5 Å². The Balaban J connectivity index is 1.31. The molecule has 1 aromatic heterocycles. The lowest BCUT2D eigenvalue weighted by Gasteiger charge is -2.30. The van der Waals surface area contributed by atoms with E-state index in [0.29, 0.717) is 61.4 Å². The van der Waals surface area contributed by atoms with Gasteiger partial charge in [0.1, 0.15) is 0 Å². The third kappa shape index (κ3) is 5.77. The van der Waals surface area contributed by atoms with Gasteiger partial charge in [0.2, 0.25) is 17.6 Å². The number of hydrogen-bond acceptors (Lipinski definition) is 9. The normalized spacial score (nSPS) is 14.3. The molecule has 0 atom stereocenters. The van der Waals surface area contributed by atoms with Crippen LogP contribution < -0.4 is 14.8 Å². The second kappa shape index (κ2) is 11.4. The maximum absolute atomic E-state index is 12.8. The predicted octanol–water partition coefficient (Wildman–Crippen LogP) is 4.04. The Morgan fingerprint density at radius 3 is 2.53 bits per heavy atom. The molecule has 10 nitrogen and oxygen atoms in total. The quantitative estimate of drug-likeness (QED) is 0.444. The van der Waals surface area contributed by atoms with Crippen LogP contribution in [-0.4, -0.2) is 61.3 Å². The van der Waals surface area contributed by atoms with Crippen molar-refractivity contribution in [3.8, 4) is 22.9 Å². The Labute approximate surface area is 213 Å². The molecule has 0 aliphatic carbocycles. The molecule has 0 radical (unpaired) electrons. The molecule has 0 saturated carbocycles. The number of esters is 1. The first-order valence-corrected chi connectivity index (χ1v) is 11.8. The highest BCUT2D eigenvalue weighted by Crippen LogP contribution is 2.31. The first-order valence-electron chi connectivity index (χ1n) is 11.4. The lowest BCUT2D eigenvalue weighted by Crippen LogP contribution is -2.37. The van der Waals surface area contributed by atoms with Gasteiger partial charge in [-0.1, -0.05) is 16.8 Å². The molecule has 1 aliphatic rings. The van der Waals surface area contributed by atoms with E-state index in [1.807, 2.05) is 6.07 Å². The van der Waals surface area contributed by atoms with Crippen LogP contribution in [0.25, 0.3) is 11.4 Å². The molecule has 2 heterocycles. The largest absolute Gasteiger partial charge is 0.493 e. The first-order chi connectivity index (χ1) is 17.4. The molecular formula is C25H27ClN4O6. The standard InChI is InChI=1S/C25H27ClN4O6/c1-33-20-7-4-16(12-21(20)34-2)23-28-22(36-29-23)14-30-10-8-15(9-11-30)24(31)27-17-5-6-19(26)18(13-17)25(32)35-3/h4-7,12-13,15H,8-11,14H2,1-3H3,(H,27,31). The van der Waals surface area contributed by atoms with Crippen molar-refractivity contribution in [2.75, 3.05) is 39.7 Å². The van der Waals surface area contributed by atoms with Gasteiger partial charge in [0.05, 0.1) is 38.5 Å². The van der Waals surface area contributed by atoms with Crippen molar-refractivity contribution in [1.29, 1.82) is 0 Å². The third-order valence-corrected chi connectivity index (χ3v) is 6.40. The zero-order chi connectivity index (χ0) is 25.7. The maximum atomic E-state index is 12.8. The van der Waals surface area contributed by atoms with Crippen LogP contribution >= 0.6 is 11.6 Å². The number of aromatic nitrogens is 2. The van der Waals surface area contributed by atoms with E-state index in [0.717, 1.165) is 5.56 Å². The molecule has 1 amide bonds. The number of methoxy groups -OCH3 is 3. The highest BCUT2D eigenvalue weighted by molar-refractivity contribution is 6.33. The van der Waals surface area contributed by atoms with Gasteiger partial charge in [-0.15, -0.1) is 0 Å². The van der Waals surface area contributed by atoms with Crippen molar-refractivity contribution in [1.82, 2.24) is 15.0 Å². The van der Waals surface area contributed by atoms with Crippen LogP contribution in [0, 0.1) is 5.92 Å². The Morgan fingerprint density at radius 1 is 1.08 bits per heavy atom. The summed E-state index contributed by atoms with van der Waals surface area (Å²) in [6, 6.07) is 10.2. The molecule has 36 heavy (non-hydrogen) atoms. The summed E-state index contributed by atoms with van der Waals surface area (Å²) in [4.78, 5) is 31.3. The number of piperidine rings is 1. The molecule has 1 saturated heterocycles. The third-order valence-electron chi connectivity index (χ3n) is 6.07. The summed E-state index contributed by atoms with van der Waals surface area (Å²) in [6.45, 7) is 1.91. The molecule has 4 rings (SSSR count). The van der Waals surface area contributed by atoms with Gasteiger partial charge in [0, 0.05) is 17.2 Å². The van der Waals surface area contributed by atoms with Crippen molar-refractivity contribution in [3.63, 3.8) is 0 Å². The topological polar surface area (TPSA) is 116 Å². The molecular weight excluding hydrogens is 488 g/mol. The SMILES string of the molecule is COC(=O)c1cc(NC(=O)C2CCN(Cc3nc(-c4ccc(OC)c(OC)c4)no3)CC2)ccc1Cl. The molecule has 1 N–H and O–H groups in total. The van der Waals surface area contributed by atoms with Gasteiger partial charge in [0.25, 0.3) is 0 Å². The smallest absolute Gasteiger partial charge is 0.339 e. The average Bonchev–Trinajstić information content (AvgIpc) is 3.37. The molecule has 0 bridgehead atoms. The zero-order valence-corrected chi connectivity index (χ0v) is 21.0. The van der Waals surface area contributed by atoms with Gasteiger partial charge in [-0.2, -0.15) is 4.98 Å². The van der Waals surface area contributed by atoms with Crippen molar-refractivity contribution in [3.05, 3.63) is 52.9 Å². The number of halogens is 1. The van der Waals surface area contributed by atoms with E-state index in [1.165, 1.54) is 13.2 Å². The Morgan fingerprint density at radius 2 is 1.83 bits per heavy atom. The monoisotopic (exact) mass is 514 g/mol. The van der Waals surface area contributed by atoms with Crippen LogP contribution in [0.3, 0.4) is 0 Å². The minimum Gasteiger partial charge on any atom is -0.493 e. The first kappa shape index (κ1) is 25.5. The van der Waals surface area contributed by atoms with E-state index >= 15 is 0 Å². The number of nitrogens with zero attached hydrogens (tertiary/aromatic N) is 3. The number of nitrogens with one attached hydrogen (secondary N) is 1. The van der Waals surface area contributed by atoms with Gasteiger partial charge in [-0.3, -0.25) is 9.69 Å². The molecule has 1 aliphatic heterocycles. The van der Waals surface area contributed by atoms with Crippen molar-refractivity contribution < 1.29 is 28.3 Å². The zero-order valence-electron chi connectivity index (χ0n) is 20.2. The lowest BCUT2D eigenvalue weighted by atomic mass is 9.95. The van der Waals surface area contributed by atoms with Gasteiger partial charge in [-0.05, 0) is 62.3 Å². The molecule has 1 fully saturated rings. The average molecular weight is 515 g/mol. The summed E-state index contributed by atoms with van der Waals surface area (Å²) in [7, 11) is 4.43. The Kier molecular flexibility index (Phi) is 8.07. The Hall–Kier alpha value is -3.63. The fraction of sp³-hybridized carbons (Fsp3) is 0.360. The van der Waals surface area contributed by atoms with Crippen molar-refractivity contribution in [2.24, 2.45) is 5.92 Å². The predicted molar refractivity (Wildman–Crippen MR) is 132 cm³/mol. The number of carbonyl (C=O) groups is 2. The Bertz CT molecular complexity index is 1240. The van der Waals surface area contributed by atoms with E-state index < -0.39 is 5.97 Å². The van der Waals surface area contributed by atoms with Gasteiger partial charge in [0.15, 0.2) is 11.5 Å². The second-order valence-electron chi connectivity index (χ2n) is 8.31. The molecule has 11 heteroatoms. The molecule has 2 aromatic carbocycles. The minimum atomic E-state index is -0.556. The number of likely N-dealkylation sites (tertiary alicyclic amines) is 1. The lowest BCUT2D eigenvalue weighted by molar-refractivity contribution is -0.121. The van der Waals surface area contributed by atoms with Crippen LogP contribution in [0.15, 0.2) is 40.9 Å². The van der Waals surface area contributed by atoms with E-state index in [2.05, 4.69) is 20.4 Å². The van der Waals surface area contributed by atoms with Crippen LogP contribution in [0.2, 0.25) is 5.02 Å². The van der Waals surface area contributed by atoms with Crippen LogP contribution in [0.4, 0.5) is 5.69 Å². The summed E-state index contributed by atoms with van der Waals surface area (Å²) < 4.78 is 20.8. The van der Waals surface area contributed by atoms with Gasteiger partial charge in [-0.25, -0.2) is 4.79 Å². The summed E-state index contributed by atoms with van der Waals surface area (Å²) in [5.74, 6) is 1.37. The highest BCUT2D eigenvalue weighted by atomic mass is 35.5. The molecule has 0 spiro atoms. The van der Waals surface area contributed by atoms with Crippen molar-refractivity contribution in [2.45, 2.75) is 19.4 Å². The fourth-order valence-corrected chi connectivity index (χ4v) is 4.26. The summed E-state index contributed by atoms with van der Waals surface area (Å²) >= 11 is 6.05. The number of carbonyl (C=O) groups excluding carboxylic acids is 2. The molecule has 190 valence electrons. The number of amides is 1. The minimum absolute atomic E-state index is 0.0960. The summed E-state index contributed by atoms with van der Waals surface area (Å²) in [6.07, 6.45) is 1.36. The van der Waals surface area contributed by atoms with E-state index in [-0.39, 0.29) is 22.4 Å². The number of ether oxygens (including phenoxy) is 3. The van der Waals surface area contributed by atoms with Crippen LogP contribution in [-0.2, 0) is 16.1 Å². The summed E-state index contributed by atoms with van der Waals surface area (Å²) in [5, 5.41) is 7.23. The van der Waals surface area contributed by atoms with Crippen LogP contribution in [0.5, 0.6) is 11.5 Å². The van der Waals surface area contributed by atoms with Crippen LogP contribution in [0.1, 0.15) is 29.1 Å². The molecule has 3 aromatic rings. The number of rotatable bonds is 8. The van der Waals surface area contributed by atoms with E-state index in [4.69, 9.17) is 30.3 Å². The number of hydrogen-bond donors (Lipinski definition) is 1. The molecule has 0 unspecified atom stereocenters. The van der Waals surface area contributed by atoms with Gasteiger partial charge >= 0.3 is 5.97 Å². The number of anilines is 1. The fourth-order valence-electron chi connectivity index (χ4n) is 4.07. The van der Waals surface area contributed by atoms with Gasteiger partial charge < -0.3 is 24.1 Å². The second-order valence-corrected chi connectivity index (χ2v) is 8.71. The maximum Gasteiger partial charge on any atom is 0.339 e. The number of benzene rings is 2. The summed E-state index contributed by atoms with van der Waals surface area (Å²) in [5.41, 5.74) is 1.47. The van der Waals surface area contributed by atoms with Crippen molar-refractivity contribution >= 4 is 29.2 Å². The van der Waals surface area contributed by atoms with E-state index in [9.17, 15) is 9.59 Å². The highest BCUT2D eigenvalue weighted by Gasteiger charge is 2.26.